The number of rotatable bonds is 6. The molecule has 110 valence electrons. The average Bonchev–Trinajstić information content (AvgIpc) is 2.90. The van der Waals surface area contributed by atoms with Crippen LogP contribution in [0.2, 0.25) is 5.02 Å². The van der Waals surface area contributed by atoms with Crippen molar-refractivity contribution in [1.29, 1.82) is 0 Å². The first-order valence-corrected chi connectivity index (χ1v) is 7.29. The molecule has 0 aliphatic carbocycles. The van der Waals surface area contributed by atoms with Crippen LogP contribution >= 0.6 is 11.6 Å². The second-order valence-electron chi connectivity index (χ2n) is 5.35. The van der Waals surface area contributed by atoms with Crippen LogP contribution in [0.5, 0.6) is 0 Å². The highest BCUT2D eigenvalue weighted by molar-refractivity contribution is 6.33. The van der Waals surface area contributed by atoms with E-state index in [2.05, 4.69) is 22.1 Å². The van der Waals surface area contributed by atoms with Gasteiger partial charge in [0.25, 0.3) is 0 Å². The number of nitrogens with one attached hydrogen (secondary N) is 1. The summed E-state index contributed by atoms with van der Waals surface area (Å²) in [6.07, 6.45) is 3.96. The highest BCUT2D eigenvalue weighted by atomic mass is 35.5. The Kier molecular flexibility index (Phi) is 5.20. The molecule has 0 amide bonds. The van der Waals surface area contributed by atoms with Gasteiger partial charge in [0, 0.05) is 19.3 Å². The van der Waals surface area contributed by atoms with Gasteiger partial charge in [0.15, 0.2) is 0 Å². The number of pyridine rings is 1. The summed E-state index contributed by atoms with van der Waals surface area (Å²) in [5, 5.41) is 12.4. The molecule has 2 heterocycles. The molecule has 1 atom stereocenters. The minimum atomic E-state index is -1.04. The summed E-state index contributed by atoms with van der Waals surface area (Å²) in [5.74, 6) is 0.00416. The van der Waals surface area contributed by atoms with Crippen molar-refractivity contribution in [2.24, 2.45) is 5.92 Å². The molecule has 2 N–H and O–H groups in total. The maximum absolute atomic E-state index is 11.0. The third kappa shape index (κ3) is 4.08. The molecule has 0 saturated carbocycles. The molecule has 0 bridgehead atoms. The fourth-order valence-electron chi connectivity index (χ4n) is 2.45. The molecule has 0 aromatic carbocycles. The van der Waals surface area contributed by atoms with Gasteiger partial charge in [-0.05, 0) is 37.9 Å². The second kappa shape index (κ2) is 6.90. The number of aromatic carboxylic acids is 1. The van der Waals surface area contributed by atoms with Gasteiger partial charge < -0.3 is 15.3 Å². The Balaban J connectivity index is 1.86. The minimum Gasteiger partial charge on any atom is -0.478 e. The van der Waals surface area contributed by atoms with Gasteiger partial charge in [0.05, 0.1) is 10.6 Å². The first-order valence-electron chi connectivity index (χ1n) is 6.91. The molecule has 1 unspecified atom stereocenters. The zero-order valence-electron chi connectivity index (χ0n) is 11.6. The maximum Gasteiger partial charge on any atom is 0.337 e. The van der Waals surface area contributed by atoms with Crippen molar-refractivity contribution in [2.75, 3.05) is 31.5 Å². The van der Waals surface area contributed by atoms with Gasteiger partial charge in [-0.3, -0.25) is 0 Å². The monoisotopic (exact) mass is 297 g/mol. The number of halogens is 1. The molecule has 1 fully saturated rings. The van der Waals surface area contributed by atoms with Gasteiger partial charge in [-0.25, -0.2) is 9.78 Å². The predicted octanol–water partition coefficient (Wildman–Crippen LogP) is 2.58. The normalized spacial score (nSPS) is 17.1. The van der Waals surface area contributed by atoms with Gasteiger partial charge in [-0.1, -0.05) is 18.5 Å². The van der Waals surface area contributed by atoms with Crippen LogP contribution in [-0.2, 0) is 0 Å². The van der Waals surface area contributed by atoms with E-state index in [-0.39, 0.29) is 10.6 Å². The Morgan fingerprint density at radius 2 is 2.25 bits per heavy atom. The van der Waals surface area contributed by atoms with E-state index >= 15 is 0 Å². The van der Waals surface area contributed by atoms with Crippen molar-refractivity contribution >= 4 is 23.4 Å². The van der Waals surface area contributed by atoms with Crippen LogP contribution in [0.4, 0.5) is 5.82 Å². The summed E-state index contributed by atoms with van der Waals surface area (Å²) in [6, 6.07) is 1.48. The molecule has 1 aromatic heterocycles. The molecule has 1 aliphatic rings. The van der Waals surface area contributed by atoms with Crippen molar-refractivity contribution in [3.05, 3.63) is 22.8 Å². The summed E-state index contributed by atoms with van der Waals surface area (Å²) in [6.45, 7) is 6.38. The fraction of sp³-hybridized carbons (Fsp3) is 0.571. The molecule has 0 spiro atoms. The van der Waals surface area contributed by atoms with Gasteiger partial charge >= 0.3 is 5.97 Å². The van der Waals surface area contributed by atoms with Crippen molar-refractivity contribution in [3.8, 4) is 0 Å². The van der Waals surface area contributed by atoms with Crippen LogP contribution in [0, 0.1) is 5.92 Å². The van der Waals surface area contributed by atoms with Crippen LogP contribution in [0.3, 0.4) is 0 Å². The first kappa shape index (κ1) is 15.1. The number of carbonyl (C=O) groups is 1. The van der Waals surface area contributed by atoms with E-state index in [4.69, 9.17) is 16.7 Å². The Hall–Kier alpha value is -1.33. The highest BCUT2D eigenvalue weighted by Crippen LogP contribution is 2.18. The third-order valence-electron chi connectivity index (χ3n) is 3.49. The summed E-state index contributed by atoms with van der Waals surface area (Å²) >= 11 is 5.79. The SMILES string of the molecule is CC(CNc1cc(C(=O)O)c(Cl)cn1)CN1CCCC1. The van der Waals surface area contributed by atoms with Crippen LogP contribution in [-0.4, -0.2) is 47.1 Å². The summed E-state index contributed by atoms with van der Waals surface area (Å²) in [7, 11) is 0. The molecule has 5 nitrogen and oxygen atoms in total. The van der Waals surface area contributed by atoms with Crippen LogP contribution in [0.15, 0.2) is 12.3 Å². The van der Waals surface area contributed by atoms with Crippen LogP contribution < -0.4 is 5.32 Å². The minimum absolute atomic E-state index is 0.0800. The molecule has 20 heavy (non-hydrogen) atoms. The topological polar surface area (TPSA) is 65.5 Å². The number of aromatic nitrogens is 1. The lowest BCUT2D eigenvalue weighted by Gasteiger charge is -2.20. The molecular formula is C14H20ClN3O2. The Labute approximate surface area is 123 Å². The average molecular weight is 298 g/mol. The molecule has 6 heteroatoms. The lowest BCUT2D eigenvalue weighted by atomic mass is 10.1. The highest BCUT2D eigenvalue weighted by Gasteiger charge is 2.15. The zero-order chi connectivity index (χ0) is 14.5. The van der Waals surface area contributed by atoms with E-state index in [0.717, 1.165) is 13.1 Å². The Morgan fingerprint density at radius 3 is 2.90 bits per heavy atom. The molecule has 1 aromatic rings. The number of nitrogens with zero attached hydrogens (tertiary/aromatic N) is 2. The van der Waals surface area contributed by atoms with E-state index in [0.29, 0.717) is 11.7 Å². The quantitative estimate of drug-likeness (QED) is 0.845. The Morgan fingerprint density at radius 1 is 1.55 bits per heavy atom. The summed E-state index contributed by atoms with van der Waals surface area (Å²) < 4.78 is 0. The third-order valence-corrected chi connectivity index (χ3v) is 3.79. The van der Waals surface area contributed by atoms with E-state index < -0.39 is 5.97 Å². The van der Waals surface area contributed by atoms with Crippen molar-refractivity contribution in [3.63, 3.8) is 0 Å². The van der Waals surface area contributed by atoms with E-state index in [1.165, 1.54) is 38.2 Å². The van der Waals surface area contributed by atoms with Crippen molar-refractivity contribution in [2.45, 2.75) is 19.8 Å². The standard InChI is InChI=1S/C14H20ClN3O2/c1-10(9-18-4-2-3-5-18)7-16-13-6-11(14(19)20)12(15)8-17-13/h6,8,10H,2-5,7,9H2,1H3,(H,16,17)(H,19,20). The number of likely N-dealkylation sites (tertiary alicyclic amines) is 1. The first-order chi connectivity index (χ1) is 9.56. The molecule has 1 saturated heterocycles. The lowest BCUT2D eigenvalue weighted by Crippen LogP contribution is -2.29. The summed E-state index contributed by atoms with van der Waals surface area (Å²) in [4.78, 5) is 17.6. The smallest absolute Gasteiger partial charge is 0.337 e. The van der Waals surface area contributed by atoms with E-state index in [1.807, 2.05) is 0 Å². The van der Waals surface area contributed by atoms with Gasteiger partial charge in [-0.15, -0.1) is 0 Å². The predicted molar refractivity (Wildman–Crippen MR) is 79.5 cm³/mol. The number of carboxylic acid groups (broad SMARTS) is 1. The number of anilines is 1. The lowest BCUT2D eigenvalue weighted by molar-refractivity contribution is 0.0697. The van der Waals surface area contributed by atoms with E-state index in [1.54, 1.807) is 0 Å². The number of hydrogen-bond donors (Lipinski definition) is 2. The van der Waals surface area contributed by atoms with Gasteiger partial charge in [0.2, 0.25) is 0 Å². The van der Waals surface area contributed by atoms with Crippen LogP contribution in [0.25, 0.3) is 0 Å². The summed E-state index contributed by atoms with van der Waals surface area (Å²) in [5.41, 5.74) is 0.0800. The molecular weight excluding hydrogens is 278 g/mol. The largest absolute Gasteiger partial charge is 0.478 e. The molecule has 1 aliphatic heterocycles. The van der Waals surface area contributed by atoms with Crippen molar-refractivity contribution in [1.82, 2.24) is 9.88 Å². The van der Waals surface area contributed by atoms with Gasteiger partial charge in [-0.2, -0.15) is 0 Å². The fourth-order valence-corrected chi connectivity index (χ4v) is 2.63. The van der Waals surface area contributed by atoms with Gasteiger partial charge in [0.1, 0.15) is 5.82 Å². The zero-order valence-corrected chi connectivity index (χ0v) is 12.4. The molecule has 2 rings (SSSR count). The number of carboxylic acids is 1. The Bertz CT molecular complexity index is 475. The maximum atomic E-state index is 11.0. The van der Waals surface area contributed by atoms with E-state index in [9.17, 15) is 4.79 Å². The molecule has 0 radical (unpaired) electrons. The number of hydrogen-bond acceptors (Lipinski definition) is 4. The van der Waals surface area contributed by atoms with Crippen LogP contribution in [0.1, 0.15) is 30.1 Å². The second-order valence-corrected chi connectivity index (χ2v) is 5.76. The van der Waals surface area contributed by atoms with Crippen molar-refractivity contribution < 1.29 is 9.90 Å².